The Morgan fingerprint density at radius 1 is 1.56 bits per heavy atom. The van der Waals surface area contributed by atoms with Crippen LogP contribution in [0.5, 0.6) is 0 Å². The molecule has 8 heteroatoms. The number of halogens is 1. The third kappa shape index (κ3) is 1.85. The molecule has 0 bridgehead atoms. The fraction of sp³-hybridized carbons (Fsp3) is 0. The first kappa shape index (κ1) is 11.9. The Morgan fingerprint density at radius 2 is 2.28 bits per heavy atom. The topological polar surface area (TPSA) is 111 Å². The van der Waals surface area contributed by atoms with E-state index in [4.69, 9.17) is 22.6 Å². The lowest BCUT2D eigenvalue weighted by Gasteiger charge is -2.05. The average molecular weight is 264 g/mol. The predicted octanol–water partition coefficient (Wildman–Crippen LogP) is 1.89. The van der Waals surface area contributed by atoms with Gasteiger partial charge in [0.2, 0.25) is 0 Å². The number of nitrogens with two attached hydrogens (primary N) is 1. The molecule has 0 spiro atoms. The van der Waals surface area contributed by atoms with Crippen molar-refractivity contribution in [3.63, 3.8) is 0 Å². The van der Waals surface area contributed by atoms with Gasteiger partial charge in [0.1, 0.15) is 23.1 Å². The molecule has 0 unspecified atom stereocenters. The number of rotatable bonds is 2. The molecule has 7 nitrogen and oxygen atoms in total. The fourth-order valence-corrected chi connectivity index (χ4v) is 1.62. The van der Waals surface area contributed by atoms with Crippen LogP contribution in [0.3, 0.4) is 0 Å². The number of nitrogens with zero attached hydrogens (tertiary/aromatic N) is 4. The van der Waals surface area contributed by atoms with Crippen LogP contribution in [-0.4, -0.2) is 14.7 Å². The second kappa shape index (κ2) is 4.35. The molecule has 0 amide bonds. The highest BCUT2D eigenvalue weighted by molar-refractivity contribution is 6.30. The number of nitriles is 1. The largest absolute Gasteiger partial charge is 0.382 e. The Hall–Kier alpha value is -2.59. The van der Waals surface area contributed by atoms with Crippen molar-refractivity contribution in [3.05, 3.63) is 45.1 Å². The van der Waals surface area contributed by atoms with Crippen molar-refractivity contribution in [1.82, 2.24) is 9.78 Å². The molecule has 0 saturated carbocycles. The molecule has 1 heterocycles. The predicted molar refractivity (Wildman–Crippen MR) is 64.4 cm³/mol. The van der Waals surface area contributed by atoms with E-state index in [1.807, 2.05) is 6.07 Å². The van der Waals surface area contributed by atoms with Gasteiger partial charge in [-0.2, -0.15) is 10.4 Å². The Balaban J connectivity index is 2.70. The molecule has 0 saturated heterocycles. The molecule has 0 aliphatic heterocycles. The van der Waals surface area contributed by atoms with Crippen molar-refractivity contribution in [1.29, 1.82) is 5.26 Å². The highest BCUT2D eigenvalue weighted by Gasteiger charge is 2.19. The third-order valence-electron chi connectivity index (χ3n) is 2.29. The second-order valence-corrected chi connectivity index (χ2v) is 3.79. The first-order valence-electron chi connectivity index (χ1n) is 4.72. The normalized spacial score (nSPS) is 10.0. The molecule has 0 atom stereocenters. The lowest BCUT2D eigenvalue weighted by Crippen LogP contribution is -2.05. The van der Waals surface area contributed by atoms with Crippen molar-refractivity contribution < 1.29 is 4.92 Å². The van der Waals surface area contributed by atoms with Crippen LogP contribution in [0.25, 0.3) is 5.69 Å². The first-order chi connectivity index (χ1) is 8.54. The van der Waals surface area contributed by atoms with Gasteiger partial charge in [0.05, 0.1) is 11.1 Å². The summed E-state index contributed by atoms with van der Waals surface area (Å²) in [6.45, 7) is 0. The standard InChI is InChI=1S/C10H6ClN5O2/c11-7-1-2-8(16(17)18)9(3-7)15-10(13)6(4-12)5-14-15/h1-3,5H,13H2. The van der Waals surface area contributed by atoms with Gasteiger partial charge in [0, 0.05) is 11.1 Å². The first-order valence-corrected chi connectivity index (χ1v) is 5.10. The van der Waals surface area contributed by atoms with E-state index in [0.29, 0.717) is 5.02 Å². The highest BCUT2D eigenvalue weighted by atomic mass is 35.5. The van der Waals surface area contributed by atoms with Crippen LogP contribution >= 0.6 is 11.6 Å². The molecule has 1 aromatic heterocycles. The molecule has 2 rings (SSSR count). The van der Waals surface area contributed by atoms with E-state index < -0.39 is 4.92 Å². The number of aromatic nitrogens is 2. The molecule has 1 aromatic carbocycles. The maximum Gasteiger partial charge on any atom is 0.295 e. The smallest absolute Gasteiger partial charge is 0.295 e. The molecule has 2 N–H and O–H groups in total. The van der Waals surface area contributed by atoms with E-state index in [-0.39, 0.29) is 22.8 Å². The van der Waals surface area contributed by atoms with Gasteiger partial charge in [-0.1, -0.05) is 11.6 Å². The van der Waals surface area contributed by atoms with Gasteiger partial charge >= 0.3 is 0 Å². The highest BCUT2D eigenvalue weighted by Crippen LogP contribution is 2.28. The van der Waals surface area contributed by atoms with E-state index >= 15 is 0 Å². The summed E-state index contributed by atoms with van der Waals surface area (Å²) in [4.78, 5) is 10.3. The van der Waals surface area contributed by atoms with Crippen molar-refractivity contribution in [2.24, 2.45) is 0 Å². The molecule has 18 heavy (non-hydrogen) atoms. The molecular formula is C10H6ClN5O2. The van der Waals surface area contributed by atoms with Crippen molar-refractivity contribution in [3.8, 4) is 11.8 Å². The number of hydrogen-bond acceptors (Lipinski definition) is 5. The maximum atomic E-state index is 10.9. The Morgan fingerprint density at radius 3 is 2.83 bits per heavy atom. The van der Waals surface area contributed by atoms with Gasteiger partial charge < -0.3 is 5.73 Å². The summed E-state index contributed by atoms with van der Waals surface area (Å²) < 4.78 is 1.11. The molecule has 90 valence electrons. The van der Waals surface area contributed by atoms with Crippen LogP contribution in [0.15, 0.2) is 24.4 Å². The summed E-state index contributed by atoms with van der Waals surface area (Å²) >= 11 is 5.79. The van der Waals surface area contributed by atoms with E-state index in [1.165, 1.54) is 24.4 Å². The minimum atomic E-state index is -0.571. The number of benzene rings is 1. The summed E-state index contributed by atoms with van der Waals surface area (Å²) in [5.41, 5.74) is 5.74. The van der Waals surface area contributed by atoms with Gasteiger partial charge in [-0.05, 0) is 12.1 Å². The van der Waals surface area contributed by atoms with Gasteiger partial charge in [0.15, 0.2) is 0 Å². The SMILES string of the molecule is N#Cc1cnn(-c2cc(Cl)ccc2[N+](=O)[O-])c1N. The zero-order chi connectivity index (χ0) is 13.3. The van der Waals surface area contributed by atoms with Crippen LogP contribution in [-0.2, 0) is 0 Å². The van der Waals surface area contributed by atoms with Gasteiger partial charge in [-0.25, -0.2) is 4.68 Å². The van der Waals surface area contributed by atoms with Gasteiger partial charge in [0.25, 0.3) is 5.69 Å². The number of hydrogen-bond donors (Lipinski definition) is 1. The van der Waals surface area contributed by atoms with E-state index in [2.05, 4.69) is 5.10 Å². The second-order valence-electron chi connectivity index (χ2n) is 3.36. The van der Waals surface area contributed by atoms with E-state index in [9.17, 15) is 10.1 Å². The summed E-state index contributed by atoms with van der Waals surface area (Å²) in [5, 5.41) is 23.8. The van der Waals surface area contributed by atoms with Crippen LogP contribution in [0, 0.1) is 21.4 Å². The number of nitro groups is 1. The molecular weight excluding hydrogens is 258 g/mol. The monoisotopic (exact) mass is 263 g/mol. The molecule has 0 radical (unpaired) electrons. The van der Waals surface area contributed by atoms with Crippen molar-refractivity contribution in [2.45, 2.75) is 0 Å². The summed E-state index contributed by atoms with van der Waals surface area (Å²) in [6.07, 6.45) is 1.24. The Kier molecular flexibility index (Phi) is 2.87. The van der Waals surface area contributed by atoms with Gasteiger partial charge in [-0.15, -0.1) is 0 Å². The van der Waals surface area contributed by atoms with Crippen LogP contribution in [0.2, 0.25) is 5.02 Å². The third-order valence-corrected chi connectivity index (χ3v) is 2.52. The Labute approximate surface area is 106 Å². The molecule has 2 aromatic rings. The fourth-order valence-electron chi connectivity index (χ4n) is 1.46. The molecule has 0 aliphatic rings. The average Bonchev–Trinajstić information content (AvgIpc) is 2.69. The minimum absolute atomic E-state index is 0.0304. The lowest BCUT2D eigenvalue weighted by atomic mass is 10.2. The number of anilines is 1. The zero-order valence-electron chi connectivity index (χ0n) is 8.87. The molecule has 0 aliphatic carbocycles. The van der Waals surface area contributed by atoms with Crippen LogP contribution < -0.4 is 5.73 Å². The Bertz CT molecular complexity index is 673. The molecule has 0 fully saturated rings. The quantitative estimate of drug-likeness (QED) is 0.657. The summed E-state index contributed by atoms with van der Waals surface area (Å²) in [6, 6.07) is 5.85. The van der Waals surface area contributed by atoms with Crippen LogP contribution in [0.4, 0.5) is 11.5 Å². The minimum Gasteiger partial charge on any atom is -0.382 e. The number of nitrogen functional groups attached to an aromatic ring is 1. The maximum absolute atomic E-state index is 10.9. The lowest BCUT2D eigenvalue weighted by molar-refractivity contribution is -0.384. The van der Waals surface area contributed by atoms with Crippen LogP contribution in [0.1, 0.15) is 5.56 Å². The number of nitro benzene ring substituents is 1. The van der Waals surface area contributed by atoms with Crippen molar-refractivity contribution in [2.75, 3.05) is 5.73 Å². The van der Waals surface area contributed by atoms with E-state index in [0.717, 1.165) is 4.68 Å². The van der Waals surface area contributed by atoms with E-state index in [1.54, 1.807) is 0 Å². The summed E-state index contributed by atoms with van der Waals surface area (Å²) in [5.74, 6) is 0.0304. The van der Waals surface area contributed by atoms with Crippen molar-refractivity contribution >= 4 is 23.1 Å². The zero-order valence-corrected chi connectivity index (χ0v) is 9.63. The van der Waals surface area contributed by atoms with Gasteiger partial charge in [-0.3, -0.25) is 10.1 Å². The summed E-state index contributed by atoms with van der Waals surface area (Å²) in [7, 11) is 0.